The fraction of sp³-hybridized carbons (Fsp3) is 0.900. The number of nitrogens with zero attached hydrogens (tertiary/aromatic N) is 1. The second kappa shape index (κ2) is 5.10. The molecule has 1 atom stereocenters. The first-order valence-corrected chi connectivity index (χ1v) is 5.32. The van der Waals surface area contributed by atoms with Crippen LogP contribution < -0.4 is 11.5 Å². The lowest BCUT2D eigenvalue weighted by molar-refractivity contribution is 0.301. The summed E-state index contributed by atoms with van der Waals surface area (Å²) in [4.78, 5) is 4.29. The van der Waals surface area contributed by atoms with E-state index in [0.717, 1.165) is 12.3 Å². The van der Waals surface area contributed by atoms with E-state index in [2.05, 4.69) is 11.9 Å². The van der Waals surface area contributed by atoms with Crippen molar-refractivity contribution in [3.05, 3.63) is 0 Å². The zero-order chi connectivity index (χ0) is 9.68. The molecule has 3 nitrogen and oxygen atoms in total. The summed E-state index contributed by atoms with van der Waals surface area (Å²) in [5.74, 6) is 0.971. The molecule has 76 valence electrons. The van der Waals surface area contributed by atoms with Crippen LogP contribution in [0.4, 0.5) is 0 Å². The van der Waals surface area contributed by atoms with E-state index in [4.69, 9.17) is 11.5 Å². The van der Waals surface area contributed by atoms with Gasteiger partial charge in [0.2, 0.25) is 0 Å². The summed E-state index contributed by atoms with van der Waals surface area (Å²) in [6, 6.07) is 0.366. The monoisotopic (exact) mass is 183 g/mol. The predicted octanol–water partition coefficient (Wildman–Crippen LogP) is 1.62. The molecule has 1 aliphatic carbocycles. The number of nitrogens with two attached hydrogens (primary N) is 2. The predicted molar refractivity (Wildman–Crippen MR) is 56.5 cm³/mol. The average molecular weight is 183 g/mol. The van der Waals surface area contributed by atoms with Gasteiger partial charge in [-0.25, -0.2) is 0 Å². The minimum atomic E-state index is 0.248. The number of guanidine groups is 1. The highest BCUT2D eigenvalue weighted by Gasteiger charge is 2.21. The highest BCUT2D eigenvalue weighted by atomic mass is 15.0. The van der Waals surface area contributed by atoms with Gasteiger partial charge in [-0.1, -0.05) is 26.2 Å². The van der Waals surface area contributed by atoms with E-state index in [1.807, 2.05) is 0 Å². The Bertz CT molecular complexity index is 167. The summed E-state index contributed by atoms with van der Waals surface area (Å²) in [5, 5.41) is 0. The molecule has 0 radical (unpaired) electrons. The van der Waals surface area contributed by atoms with Gasteiger partial charge in [-0.15, -0.1) is 0 Å². The van der Waals surface area contributed by atoms with Crippen LogP contribution in [0.2, 0.25) is 0 Å². The minimum Gasteiger partial charge on any atom is -0.370 e. The van der Waals surface area contributed by atoms with E-state index in [0.29, 0.717) is 6.04 Å². The molecule has 0 aromatic carbocycles. The molecule has 1 aliphatic rings. The largest absolute Gasteiger partial charge is 0.370 e. The van der Waals surface area contributed by atoms with Gasteiger partial charge in [-0.3, -0.25) is 4.99 Å². The second-order valence-electron chi connectivity index (χ2n) is 3.93. The molecule has 3 heteroatoms. The van der Waals surface area contributed by atoms with Crippen LogP contribution in [-0.2, 0) is 0 Å². The molecule has 0 spiro atoms. The Hall–Kier alpha value is -0.730. The van der Waals surface area contributed by atoms with E-state index < -0.39 is 0 Å². The summed E-state index contributed by atoms with van der Waals surface area (Å²) in [7, 11) is 0. The van der Waals surface area contributed by atoms with Gasteiger partial charge in [0.05, 0.1) is 6.04 Å². The first-order chi connectivity index (χ1) is 6.24. The van der Waals surface area contributed by atoms with Gasteiger partial charge >= 0.3 is 0 Å². The smallest absolute Gasteiger partial charge is 0.186 e. The van der Waals surface area contributed by atoms with Gasteiger partial charge in [0.15, 0.2) is 5.96 Å². The van der Waals surface area contributed by atoms with Crippen LogP contribution in [0.5, 0.6) is 0 Å². The summed E-state index contributed by atoms with van der Waals surface area (Å²) >= 11 is 0. The SMILES string of the molecule is CCC(N=C(N)N)C1CCCCC1. The topological polar surface area (TPSA) is 64.4 Å². The van der Waals surface area contributed by atoms with E-state index in [-0.39, 0.29) is 5.96 Å². The minimum absolute atomic E-state index is 0.248. The van der Waals surface area contributed by atoms with Crippen molar-refractivity contribution < 1.29 is 0 Å². The Balaban J connectivity index is 2.49. The molecule has 1 fully saturated rings. The molecule has 13 heavy (non-hydrogen) atoms. The third kappa shape index (κ3) is 3.25. The van der Waals surface area contributed by atoms with Crippen molar-refractivity contribution in [2.24, 2.45) is 22.4 Å². The molecule has 0 saturated heterocycles. The van der Waals surface area contributed by atoms with Crippen molar-refractivity contribution in [2.75, 3.05) is 0 Å². The number of rotatable bonds is 3. The Morgan fingerprint density at radius 3 is 2.38 bits per heavy atom. The van der Waals surface area contributed by atoms with Gasteiger partial charge in [-0.05, 0) is 25.2 Å². The van der Waals surface area contributed by atoms with Crippen LogP contribution >= 0.6 is 0 Å². The lowest BCUT2D eigenvalue weighted by atomic mass is 9.83. The number of aliphatic imine (C=N–C) groups is 1. The van der Waals surface area contributed by atoms with Crippen LogP contribution in [-0.4, -0.2) is 12.0 Å². The van der Waals surface area contributed by atoms with E-state index in [1.54, 1.807) is 0 Å². The lowest BCUT2D eigenvalue weighted by Crippen LogP contribution is -2.29. The van der Waals surface area contributed by atoms with Crippen molar-refractivity contribution >= 4 is 5.96 Å². The van der Waals surface area contributed by atoms with E-state index in [9.17, 15) is 0 Å². The van der Waals surface area contributed by atoms with Gasteiger partial charge in [-0.2, -0.15) is 0 Å². The molecular formula is C10H21N3. The van der Waals surface area contributed by atoms with Crippen molar-refractivity contribution in [3.8, 4) is 0 Å². The first kappa shape index (κ1) is 10.4. The summed E-state index contributed by atoms with van der Waals surface area (Å²) < 4.78 is 0. The fourth-order valence-corrected chi connectivity index (χ4v) is 2.24. The molecular weight excluding hydrogens is 162 g/mol. The van der Waals surface area contributed by atoms with Crippen molar-refractivity contribution in [3.63, 3.8) is 0 Å². The summed E-state index contributed by atoms with van der Waals surface area (Å²) in [6.07, 6.45) is 7.74. The van der Waals surface area contributed by atoms with Crippen molar-refractivity contribution in [1.29, 1.82) is 0 Å². The lowest BCUT2D eigenvalue weighted by Gasteiger charge is -2.26. The van der Waals surface area contributed by atoms with Gasteiger partial charge in [0, 0.05) is 0 Å². The van der Waals surface area contributed by atoms with E-state index in [1.165, 1.54) is 32.1 Å². The molecule has 1 unspecified atom stereocenters. The summed E-state index contributed by atoms with van der Waals surface area (Å²) in [5.41, 5.74) is 10.8. The van der Waals surface area contributed by atoms with Crippen LogP contribution in [0.15, 0.2) is 4.99 Å². The standard InChI is InChI=1S/C10H21N3/c1-2-9(13-10(11)12)8-6-4-3-5-7-8/h8-9H,2-7H2,1H3,(H4,11,12,13). The second-order valence-corrected chi connectivity index (χ2v) is 3.93. The van der Waals surface area contributed by atoms with Crippen molar-refractivity contribution in [2.45, 2.75) is 51.5 Å². The molecule has 1 rings (SSSR count). The van der Waals surface area contributed by atoms with Crippen LogP contribution in [0.25, 0.3) is 0 Å². The molecule has 0 bridgehead atoms. The maximum absolute atomic E-state index is 5.40. The highest BCUT2D eigenvalue weighted by molar-refractivity contribution is 5.75. The number of hydrogen-bond acceptors (Lipinski definition) is 1. The quantitative estimate of drug-likeness (QED) is 0.516. The highest BCUT2D eigenvalue weighted by Crippen LogP contribution is 2.29. The maximum atomic E-state index is 5.40. The number of hydrogen-bond donors (Lipinski definition) is 2. The van der Waals surface area contributed by atoms with E-state index >= 15 is 0 Å². The molecule has 0 aromatic rings. The molecule has 4 N–H and O–H groups in total. The average Bonchev–Trinajstić information content (AvgIpc) is 2.15. The molecule has 1 saturated carbocycles. The zero-order valence-electron chi connectivity index (χ0n) is 8.50. The third-order valence-electron chi connectivity index (χ3n) is 2.93. The summed E-state index contributed by atoms with van der Waals surface area (Å²) in [6.45, 7) is 2.16. The Morgan fingerprint density at radius 1 is 1.31 bits per heavy atom. The van der Waals surface area contributed by atoms with Crippen LogP contribution in [0.3, 0.4) is 0 Å². The van der Waals surface area contributed by atoms with Crippen LogP contribution in [0.1, 0.15) is 45.4 Å². The molecule has 0 aromatic heterocycles. The van der Waals surface area contributed by atoms with Crippen LogP contribution in [0, 0.1) is 5.92 Å². The maximum Gasteiger partial charge on any atom is 0.186 e. The molecule has 0 aliphatic heterocycles. The van der Waals surface area contributed by atoms with Gasteiger partial charge < -0.3 is 11.5 Å². The Labute approximate surface area is 80.6 Å². The zero-order valence-corrected chi connectivity index (χ0v) is 8.50. The van der Waals surface area contributed by atoms with Crippen molar-refractivity contribution in [1.82, 2.24) is 0 Å². The van der Waals surface area contributed by atoms with Gasteiger partial charge in [0.1, 0.15) is 0 Å². The third-order valence-corrected chi connectivity index (χ3v) is 2.93. The Morgan fingerprint density at radius 2 is 1.92 bits per heavy atom. The normalized spacial score (nSPS) is 21.0. The molecule has 0 amide bonds. The first-order valence-electron chi connectivity index (χ1n) is 5.32. The Kier molecular flexibility index (Phi) is 4.06. The van der Waals surface area contributed by atoms with Gasteiger partial charge in [0.25, 0.3) is 0 Å². The fourth-order valence-electron chi connectivity index (χ4n) is 2.24. The molecule has 0 heterocycles.